The number of carbonyl (C=O) groups is 2. The Morgan fingerprint density at radius 2 is 2.03 bits per heavy atom. The first-order chi connectivity index (χ1) is 14.6. The third-order valence-corrected chi connectivity index (χ3v) is 5.86. The van der Waals surface area contributed by atoms with Crippen LogP contribution in [-0.2, 0) is 17.6 Å². The molecular formula is C25H31N3O2. The lowest BCUT2D eigenvalue weighted by molar-refractivity contribution is -0.126. The summed E-state index contributed by atoms with van der Waals surface area (Å²) in [5, 5.41) is 0. The van der Waals surface area contributed by atoms with Gasteiger partial charge in [0, 0.05) is 42.7 Å². The molecule has 1 amide bonds. The smallest absolute Gasteiger partial charge is 0.245 e. The fourth-order valence-corrected chi connectivity index (χ4v) is 4.17. The van der Waals surface area contributed by atoms with E-state index in [1.54, 1.807) is 13.1 Å². The Morgan fingerprint density at radius 3 is 2.77 bits per heavy atom. The standard InChI is InChI=1S/C25H31N3O2/c1-3-25(30)28-16-5-4-10-21(14-17-28)23-13-12-22(19(2)29)24(27-23)11-6-8-20-9-7-15-26-18-20/h3,7,9,12-13,15,18,21H,1,4-6,8,10-11,14,16-17H2,2H3. The maximum absolute atomic E-state index is 12.1. The Morgan fingerprint density at radius 1 is 1.17 bits per heavy atom. The Balaban J connectivity index is 1.72. The Hall–Kier alpha value is -2.82. The molecule has 1 saturated heterocycles. The maximum atomic E-state index is 12.1. The molecule has 2 aromatic heterocycles. The molecule has 1 atom stereocenters. The van der Waals surface area contributed by atoms with Crippen molar-refractivity contribution in [1.82, 2.24) is 14.9 Å². The van der Waals surface area contributed by atoms with Crippen molar-refractivity contribution in [1.29, 1.82) is 0 Å². The molecule has 0 radical (unpaired) electrons. The molecule has 1 aliphatic rings. The molecule has 0 spiro atoms. The van der Waals surface area contributed by atoms with Gasteiger partial charge < -0.3 is 4.90 Å². The van der Waals surface area contributed by atoms with Crippen molar-refractivity contribution < 1.29 is 9.59 Å². The fraction of sp³-hybridized carbons (Fsp3) is 0.440. The summed E-state index contributed by atoms with van der Waals surface area (Å²) in [4.78, 5) is 35.2. The van der Waals surface area contributed by atoms with Gasteiger partial charge in [0.25, 0.3) is 0 Å². The van der Waals surface area contributed by atoms with Gasteiger partial charge in [-0.1, -0.05) is 19.1 Å². The van der Waals surface area contributed by atoms with E-state index in [0.29, 0.717) is 5.92 Å². The second-order valence-electron chi connectivity index (χ2n) is 8.01. The number of ketones is 1. The van der Waals surface area contributed by atoms with E-state index in [0.717, 1.165) is 75.0 Å². The molecule has 1 unspecified atom stereocenters. The van der Waals surface area contributed by atoms with E-state index in [1.165, 1.54) is 11.6 Å². The average molecular weight is 406 g/mol. The van der Waals surface area contributed by atoms with Crippen LogP contribution in [0.25, 0.3) is 0 Å². The van der Waals surface area contributed by atoms with E-state index in [1.807, 2.05) is 29.3 Å². The van der Waals surface area contributed by atoms with E-state index >= 15 is 0 Å². The van der Waals surface area contributed by atoms with Gasteiger partial charge in [0.1, 0.15) is 0 Å². The third-order valence-electron chi connectivity index (χ3n) is 5.86. The highest BCUT2D eigenvalue weighted by molar-refractivity contribution is 5.95. The summed E-state index contributed by atoms with van der Waals surface area (Å²) < 4.78 is 0. The zero-order valence-electron chi connectivity index (χ0n) is 17.8. The van der Waals surface area contributed by atoms with E-state index in [-0.39, 0.29) is 11.7 Å². The van der Waals surface area contributed by atoms with Crippen LogP contribution in [0.3, 0.4) is 0 Å². The number of aromatic nitrogens is 2. The summed E-state index contributed by atoms with van der Waals surface area (Å²) in [6, 6.07) is 7.97. The molecule has 5 heteroatoms. The van der Waals surface area contributed by atoms with Gasteiger partial charge in [0.2, 0.25) is 5.91 Å². The van der Waals surface area contributed by atoms with Crippen LogP contribution in [-0.4, -0.2) is 39.6 Å². The number of rotatable bonds is 7. The fourth-order valence-electron chi connectivity index (χ4n) is 4.17. The highest BCUT2D eigenvalue weighted by Gasteiger charge is 2.21. The van der Waals surface area contributed by atoms with Crippen molar-refractivity contribution in [2.75, 3.05) is 13.1 Å². The second kappa shape index (κ2) is 10.8. The minimum atomic E-state index is 0.00614. The molecule has 0 N–H and O–H groups in total. The lowest BCUT2D eigenvalue weighted by Crippen LogP contribution is -2.33. The average Bonchev–Trinajstić information content (AvgIpc) is 2.74. The lowest BCUT2D eigenvalue weighted by atomic mass is 9.91. The lowest BCUT2D eigenvalue weighted by Gasteiger charge is -2.28. The molecule has 3 rings (SSSR count). The minimum absolute atomic E-state index is 0.00614. The van der Waals surface area contributed by atoms with Crippen molar-refractivity contribution >= 4 is 11.7 Å². The highest BCUT2D eigenvalue weighted by atomic mass is 16.2. The largest absolute Gasteiger partial charge is 0.339 e. The van der Waals surface area contributed by atoms with E-state index in [4.69, 9.17) is 4.98 Å². The van der Waals surface area contributed by atoms with Gasteiger partial charge in [-0.2, -0.15) is 0 Å². The first-order valence-electron chi connectivity index (χ1n) is 10.9. The topological polar surface area (TPSA) is 63.2 Å². The van der Waals surface area contributed by atoms with Gasteiger partial charge in [-0.25, -0.2) is 0 Å². The highest BCUT2D eigenvalue weighted by Crippen LogP contribution is 2.28. The first kappa shape index (κ1) is 21.9. The Labute approximate surface area is 179 Å². The van der Waals surface area contributed by atoms with E-state index in [2.05, 4.69) is 17.6 Å². The number of Topliss-reactive ketones (excluding diaryl/α,β-unsaturated/α-hetero) is 1. The zero-order chi connectivity index (χ0) is 21.3. The van der Waals surface area contributed by atoms with Crippen molar-refractivity contribution in [3.05, 3.63) is 71.8 Å². The predicted molar refractivity (Wildman–Crippen MR) is 118 cm³/mol. The summed E-state index contributed by atoms with van der Waals surface area (Å²) in [7, 11) is 0. The van der Waals surface area contributed by atoms with Crippen LogP contribution in [0.15, 0.2) is 49.3 Å². The molecular weight excluding hydrogens is 374 g/mol. The van der Waals surface area contributed by atoms with E-state index < -0.39 is 0 Å². The summed E-state index contributed by atoms with van der Waals surface area (Å²) in [5.74, 6) is 0.376. The number of carbonyl (C=O) groups excluding carboxylic acids is 2. The van der Waals surface area contributed by atoms with Crippen LogP contribution in [0.1, 0.15) is 72.3 Å². The van der Waals surface area contributed by atoms with Crippen LogP contribution in [0.5, 0.6) is 0 Å². The Bertz CT molecular complexity index is 879. The Kier molecular flexibility index (Phi) is 7.89. The zero-order valence-corrected chi connectivity index (χ0v) is 17.8. The number of hydrogen-bond acceptors (Lipinski definition) is 4. The predicted octanol–water partition coefficient (Wildman–Crippen LogP) is 4.53. The number of hydrogen-bond donors (Lipinski definition) is 0. The van der Waals surface area contributed by atoms with Crippen molar-refractivity contribution in [2.45, 2.75) is 57.8 Å². The van der Waals surface area contributed by atoms with Crippen LogP contribution < -0.4 is 0 Å². The van der Waals surface area contributed by atoms with Crippen LogP contribution in [0, 0.1) is 0 Å². The molecule has 0 aliphatic carbocycles. The SMILES string of the molecule is C=CC(=O)N1CCCCC(c2ccc(C(C)=O)c(CCCc3cccnc3)n2)CC1. The number of nitrogens with zero attached hydrogens (tertiary/aromatic N) is 3. The van der Waals surface area contributed by atoms with Gasteiger partial charge in [0.05, 0.1) is 5.69 Å². The summed E-state index contributed by atoms with van der Waals surface area (Å²) in [6.07, 6.45) is 11.7. The third kappa shape index (κ3) is 5.85. The van der Waals surface area contributed by atoms with Crippen LogP contribution >= 0.6 is 0 Å². The second-order valence-corrected chi connectivity index (χ2v) is 8.01. The number of pyridine rings is 2. The maximum Gasteiger partial charge on any atom is 0.245 e. The molecule has 0 saturated carbocycles. The molecule has 158 valence electrons. The summed E-state index contributed by atoms with van der Waals surface area (Å²) >= 11 is 0. The monoisotopic (exact) mass is 405 g/mol. The quantitative estimate of drug-likeness (QED) is 0.502. The van der Waals surface area contributed by atoms with Gasteiger partial charge in [-0.15, -0.1) is 0 Å². The molecule has 1 fully saturated rings. The van der Waals surface area contributed by atoms with Crippen molar-refractivity contribution in [3.63, 3.8) is 0 Å². The number of amides is 1. The summed E-state index contributed by atoms with van der Waals surface area (Å²) in [5.41, 5.74) is 3.86. The van der Waals surface area contributed by atoms with Crippen LogP contribution in [0.2, 0.25) is 0 Å². The molecule has 3 heterocycles. The first-order valence-corrected chi connectivity index (χ1v) is 10.9. The van der Waals surface area contributed by atoms with Gasteiger partial charge in [-0.05, 0) is 75.3 Å². The minimum Gasteiger partial charge on any atom is -0.339 e. The van der Waals surface area contributed by atoms with Crippen LogP contribution in [0.4, 0.5) is 0 Å². The molecule has 0 aromatic carbocycles. The van der Waals surface area contributed by atoms with E-state index in [9.17, 15) is 9.59 Å². The molecule has 1 aliphatic heterocycles. The summed E-state index contributed by atoms with van der Waals surface area (Å²) in [6.45, 7) is 6.75. The number of likely N-dealkylation sites (tertiary alicyclic amines) is 1. The van der Waals surface area contributed by atoms with Crippen molar-refractivity contribution in [2.24, 2.45) is 0 Å². The van der Waals surface area contributed by atoms with Gasteiger partial charge in [0.15, 0.2) is 5.78 Å². The molecule has 30 heavy (non-hydrogen) atoms. The van der Waals surface area contributed by atoms with Crippen molar-refractivity contribution in [3.8, 4) is 0 Å². The van der Waals surface area contributed by atoms with Gasteiger partial charge in [-0.3, -0.25) is 19.6 Å². The number of aryl methyl sites for hydroxylation is 2. The molecule has 5 nitrogen and oxygen atoms in total. The molecule has 2 aromatic rings. The van der Waals surface area contributed by atoms with Gasteiger partial charge >= 0.3 is 0 Å². The normalized spacial score (nSPS) is 17.1. The molecule has 0 bridgehead atoms.